The summed E-state index contributed by atoms with van der Waals surface area (Å²) in [6.07, 6.45) is 2.92. The second-order valence-corrected chi connectivity index (χ2v) is 7.36. The summed E-state index contributed by atoms with van der Waals surface area (Å²) in [7, 11) is 1.77. The van der Waals surface area contributed by atoms with Gasteiger partial charge in [0.1, 0.15) is 17.1 Å². The number of nitrogens with one attached hydrogen (secondary N) is 1. The van der Waals surface area contributed by atoms with E-state index in [2.05, 4.69) is 20.6 Å². The zero-order chi connectivity index (χ0) is 20.3. The lowest BCUT2D eigenvalue weighted by atomic mass is 10.0. The Morgan fingerprint density at radius 1 is 1.21 bits per heavy atom. The molecule has 8 heteroatoms. The van der Waals surface area contributed by atoms with Crippen LogP contribution in [0, 0.1) is 5.82 Å². The van der Waals surface area contributed by atoms with Crippen LogP contribution in [0.5, 0.6) is 0 Å². The van der Waals surface area contributed by atoms with Crippen LogP contribution in [0.25, 0.3) is 22.4 Å². The Morgan fingerprint density at radius 3 is 2.54 bits per heavy atom. The molecule has 2 aromatic heterocycles. The molecule has 28 heavy (non-hydrogen) atoms. The Hall–Kier alpha value is -3.29. The average molecular weight is 383 g/mol. The van der Waals surface area contributed by atoms with Gasteiger partial charge in [0.15, 0.2) is 0 Å². The summed E-state index contributed by atoms with van der Waals surface area (Å²) in [4.78, 5) is 16.5. The molecule has 0 aliphatic carbocycles. The highest BCUT2D eigenvalue weighted by molar-refractivity contribution is 5.72. The second-order valence-electron chi connectivity index (χ2n) is 7.36. The van der Waals surface area contributed by atoms with E-state index in [1.54, 1.807) is 57.0 Å². The molecule has 146 valence electrons. The third-order valence-electron chi connectivity index (χ3n) is 3.83. The van der Waals surface area contributed by atoms with E-state index >= 15 is 0 Å². The summed E-state index contributed by atoms with van der Waals surface area (Å²) in [5.41, 5.74) is 3.02. The summed E-state index contributed by atoms with van der Waals surface area (Å²) in [5.74, 6) is -0.302. The number of carbonyl (C=O) groups is 1. The Balaban J connectivity index is 1.91. The summed E-state index contributed by atoms with van der Waals surface area (Å²) in [6, 6.07) is 8.07. The fourth-order valence-corrected chi connectivity index (χ4v) is 2.60. The van der Waals surface area contributed by atoms with Crippen molar-refractivity contribution in [3.63, 3.8) is 0 Å². The molecule has 1 amide bonds. The minimum absolute atomic E-state index is 0.171. The molecule has 1 N–H and O–H groups in total. The monoisotopic (exact) mass is 383 g/mol. The molecule has 0 bridgehead atoms. The van der Waals surface area contributed by atoms with Crippen LogP contribution in [0.3, 0.4) is 0 Å². The first-order valence-corrected chi connectivity index (χ1v) is 8.80. The van der Waals surface area contributed by atoms with Gasteiger partial charge >= 0.3 is 6.09 Å². The maximum Gasteiger partial charge on any atom is 0.407 e. The van der Waals surface area contributed by atoms with Crippen LogP contribution in [0.15, 0.2) is 42.7 Å². The van der Waals surface area contributed by atoms with Crippen molar-refractivity contribution in [1.29, 1.82) is 0 Å². The molecule has 3 rings (SSSR count). The first-order valence-electron chi connectivity index (χ1n) is 8.80. The highest BCUT2D eigenvalue weighted by atomic mass is 19.1. The molecule has 0 atom stereocenters. The van der Waals surface area contributed by atoms with Gasteiger partial charge in [-0.2, -0.15) is 0 Å². The molecule has 0 saturated carbocycles. The van der Waals surface area contributed by atoms with E-state index in [1.807, 2.05) is 6.07 Å². The number of alkyl carbamates (subject to hydrolysis) is 1. The zero-order valence-electron chi connectivity index (χ0n) is 16.2. The maximum absolute atomic E-state index is 13.2. The van der Waals surface area contributed by atoms with Crippen molar-refractivity contribution in [3.8, 4) is 22.4 Å². The van der Waals surface area contributed by atoms with Crippen molar-refractivity contribution in [1.82, 2.24) is 25.3 Å². The van der Waals surface area contributed by atoms with Crippen LogP contribution in [0.1, 0.15) is 26.5 Å². The summed E-state index contributed by atoms with van der Waals surface area (Å²) in [5, 5.41) is 10.8. The van der Waals surface area contributed by atoms with Gasteiger partial charge in [-0.15, -0.1) is 5.10 Å². The number of hydrogen-bond acceptors (Lipinski definition) is 5. The van der Waals surface area contributed by atoms with Gasteiger partial charge in [-0.1, -0.05) is 17.3 Å². The van der Waals surface area contributed by atoms with Gasteiger partial charge in [0.25, 0.3) is 0 Å². The third-order valence-corrected chi connectivity index (χ3v) is 3.83. The van der Waals surface area contributed by atoms with Crippen molar-refractivity contribution in [2.24, 2.45) is 7.05 Å². The number of pyridine rings is 1. The predicted octanol–water partition coefficient (Wildman–Crippen LogP) is 3.71. The van der Waals surface area contributed by atoms with Crippen LogP contribution in [-0.2, 0) is 18.3 Å². The van der Waals surface area contributed by atoms with Crippen molar-refractivity contribution < 1.29 is 13.9 Å². The summed E-state index contributed by atoms with van der Waals surface area (Å²) in [6.45, 7) is 5.57. The molecule has 0 saturated heterocycles. The van der Waals surface area contributed by atoms with E-state index in [9.17, 15) is 9.18 Å². The van der Waals surface area contributed by atoms with Crippen molar-refractivity contribution in [2.45, 2.75) is 32.9 Å². The number of carbonyl (C=O) groups excluding carboxylic acids is 1. The van der Waals surface area contributed by atoms with E-state index in [4.69, 9.17) is 4.74 Å². The quantitative estimate of drug-likeness (QED) is 0.743. The minimum Gasteiger partial charge on any atom is -0.444 e. The lowest BCUT2D eigenvalue weighted by Crippen LogP contribution is -2.32. The fourth-order valence-electron chi connectivity index (χ4n) is 2.60. The number of halogens is 1. The first kappa shape index (κ1) is 19.5. The van der Waals surface area contributed by atoms with Crippen molar-refractivity contribution in [3.05, 3.63) is 54.2 Å². The van der Waals surface area contributed by atoms with Gasteiger partial charge < -0.3 is 10.1 Å². The van der Waals surface area contributed by atoms with Crippen LogP contribution in [0.2, 0.25) is 0 Å². The molecule has 1 aromatic carbocycles. The smallest absolute Gasteiger partial charge is 0.407 e. The lowest BCUT2D eigenvalue weighted by Gasteiger charge is -2.20. The average Bonchev–Trinajstić information content (AvgIpc) is 3.05. The topological polar surface area (TPSA) is 81.9 Å². The van der Waals surface area contributed by atoms with Gasteiger partial charge in [0, 0.05) is 24.4 Å². The number of aryl methyl sites for hydroxylation is 1. The van der Waals surface area contributed by atoms with Gasteiger partial charge in [0.05, 0.1) is 18.4 Å². The molecular weight excluding hydrogens is 361 g/mol. The standard InChI is InChI=1S/C20H22FN5O2/c1-20(2,3)28-19(27)23-11-17-16(18-12-26(4)25-24-18)9-14(10-22-17)13-5-7-15(21)8-6-13/h5-10,12H,11H2,1-4H3,(H,23,27). The van der Waals surface area contributed by atoms with E-state index in [-0.39, 0.29) is 12.4 Å². The van der Waals surface area contributed by atoms with E-state index in [0.717, 1.165) is 16.7 Å². The van der Waals surface area contributed by atoms with E-state index < -0.39 is 11.7 Å². The fraction of sp³-hybridized carbons (Fsp3) is 0.300. The molecule has 0 spiro atoms. The molecule has 2 heterocycles. The lowest BCUT2D eigenvalue weighted by molar-refractivity contribution is 0.0523. The van der Waals surface area contributed by atoms with Crippen LogP contribution >= 0.6 is 0 Å². The molecule has 0 unspecified atom stereocenters. The van der Waals surface area contributed by atoms with Crippen molar-refractivity contribution >= 4 is 6.09 Å². The van der Waals surface area contributed by atoms with Crippen LogP contribution in [0.4, 0.5) is 9.18 Å². The van der Waals surface area contributed by atoms with Crippen molar-refractivity contribution in [2.75, 3.05) is 0 Å². The summed E-state index contributed by atoms with van der Waals surface area (Å²) < 4.78 is 20.1. The maximum atomic E-state index is 13.2. The largest absolute Gasteiger partial charge is 0.444 e. The third kappa shape index (κ3) is 4.91. The SMILES string of the molecule is Cn1cc(-c2cc(-c3ccc(F)cc3)cnc2CNC(=O)OC(C)(C)C)nn1. The molecule has 7 nitrogen and oxygen atoms in total. The highest BCUT2D eigenvalue weighted by Gasteiger charge is 2.18. The summed E-state index contributed by atoms with van der Waals surface area (Å²) >= 11 is 0. The van der Waals surface area contributed by atoms with Gasteiger partial charge in [-0.25, -0.2) is 9.18 Å². The van der Waals surface area contributed by atoms with E-state index in [1.165, 1.54) is 12.1 Å². The normalized spacial score (nSPS) is 11.3. The molecule has 0 fully saturated rings. The Kier molecular flexibility index (Phi) is 5.39. The highest BCUT2D eigenvalue weighted by Crippen LogP contribution is 2.27. The number of nitrogens with zero attached hydrogens (tertiary/aromatic N) is 4. The molecule has 0 radical (unpaired) electrons. The number of benzene rings is 1. The Labute approximate surface area is 162 Å². The number of amides is 1. The second kappa shape index (κ2) is 7.75. The minimum atomic E-state index is -0.586. The predicted molar refractivity (Wildman–Crippen MR) is 103 cm³/mol. The van der Waals surface area contributed by atoms with Crippen LogP contribution < -0.4 is 5.32 Å². The van der Waals surface area contributed by atoms with Gasteiger partial charge in [0.2, 0.25) is 0 Å². The Morgan fingerprint density at radius 2 is 1.93 bits per heavy atom. The number of aromatic nitrogens is 4. The van der Waals surface area contributed by atoms with E-state index in [0.29, 0.717) is 11.4 Å². The number of ether oxygens (including phenoxy) is 1. The number of hydrogen-bond donors (Lipinski definition) is 1. The first-order chi connectivity index (χ1) is 13.2. The zero-order valence-corrected chi connectivity index (χ0v) is 16.2. The molecule has 0 aliphatic heterocycles. The van der Waals surface area contributed by atoms with Gasteiger partial charge in [-0.05, 0) is 44.5 Å². The number of rotatable bonds is 4. The Bertz CT molecular complexity index is 977. The molecule has 0 aliphatic rings. The van der Waals surface area contributed by atoms with Crippen LogP contribution in [-0.4, -0.2) is 31.7 Å². The molecule has 3 aromatic rings. The molecular formula is C20H22FN5O2. The van der Waals surface area contributed by atoms with Gasteiger partial charge in [-0.3, -0.25) is 9.67 Å².